The lowest BCUT2D eigenvalue weighted by Gasteiger charge is -2.22. The minimum Gasteiger partial charge on any atom is -0.472 e. The highest BCUT2D eigenvalue weighted by atomic mass is 16.3. The molecule has 1 aliphatic rings. The standard InChI is InChI=1S/C17H20N2O2/c20-17(14-9-12-21-13-14)18-15-5-7-16(8-6-15)19-10-3-1-2-4-11-19/h5-9,12-13H,1-4,10-11H2,(H,18,20). The number of nitrogens with one attached hydrogen (secondary N) is 1. The molecule has 0 aliphatic carbocycles. The van der Waals surface area contributed by atoms with Gasteiger partial charge in [-0.05, 0) is 43.2 Å². The number of hydrogen-bond acceptors (Lipinski definition) is 3. The van der Waals surface area contributed by atoms with Gasteiger partial charge in [-0.15, -0.1) is 0 Å². The van der Waals surface area contributed by atoms with E-state index in [1.165, 1.54) is 43.9 Å². The van der Waals surface area contributed by atoms with Crippen LogP contribution in [0, 0.1) is 0 Å². The quantitative estimate of drug-likeness (QED) is 0.929. The molecule has 4 nitrogen and oxygen atoms in total. The molecule has 110 valence electrons. The summed E-state index contributed by atoms with van der Waals surface area (Å²) in [4.78, 5) is 14.4. The maximum absolute atomic E-state index is 11.9. The van der Waals surface area contributed by atoms with Crippen LogP contribution in [0.4, 0.5) is 11.4 Å². The second kappa shape index (κ2) is 6.48. The highest BCUT2D eigenvalue weighted by molar-refractivity contribution is 6.04. The van der Waals surface area contributed by atoms with Crippen LogP contribution in [0.15, 0.2) is 47.3 Å². The van der Waals surface area contributed by atoms with E-state index in [2.05, 4.69) is 22.3 Å². The fourth-order valence-electron chi connectivity index (χ4n) is 2.68. The molecule has 1 amide bonds. The van der Waals surface area contributed by atoms with Crippen molar-refractivity contribution in [2.24, 2.45) is 0 Å². The predicted molar refractivity (Wildman–Crippen MR) is 83.8 cm³/mol. The fourth-order valence-corrected chi connectivity index (χ4v) is 2.68. The number of carbonyl (C=O) groups is 1. The average molecular weight is 284 g/mol. The van der Waals surface area contributed by atoms with Gasteiger partial charge >= 0.3 is 0 Å². The van der Waals surface area contributed by atoms with Gasteiger partial charge in [-0.3, -0.25) is 4.79 Å². The summed E-state index contributed by atoms with van der Waals surface area (Å²) in [5, 5.41) is 2.87. The van der Waals surface area contributed by atoms with Crippen LogP contribution < -0.4 is 10.2 Å². The van der Waals surface area contributed by atoms with Gasteiger partial charge in [-0.1, -0.05) is 12.8 Å². The maximum atomic E-state index is 11.9. The second-order valence-corrected chi connectivity index (χ2v) is 5.41. The molecule has 2 aromatic rings. The monoisotopic (exact) mass is 284 g/mol. The van der Waals surface area contributed by atoms with E-state index in [-0.39, 0.29) is 5.91 Å². The number of furan rings is 1. The van der Waals surface area contributed by atoms with Crippen LogP contribution in [0.3, 0.4) is 0 Å². The van der Waals surface area contributed by atoms with Gasteiger partial charge in [0.1, 0.15) is 6.26 Å². The van der Waals surface area contributed by atoms with Crippen LogP contribution in [-0.2, 0) is 0 Å². The molecule has 1 aromatic heterocycles. The van der Waals surface area contributed by atoms with Crippen molar-refractivity contribution in [1.82, 2.24) is 0 Å². The minimum atomic E-state index is -0.147. The van der Waals surface area contributed by atoms with E-state index in [4.69, 9.17) is 4.42 Å². The molecule has 0 atom stereocenters. The Morgan fingerprint density at radius 1 is 1.00 bits per heavy atom. The Balaban J connectivity index is 1.65. The van der Waals surface area contributed by atoms with Crippen LogP contribution in [0.25, 0.3) is 0 Å². The lowest BCUT2D eigenvalue weighted by molar-refractivity contribution is 0.102. The molecule has 1 fully saturated rings. The molecule has 0 radical (unpaired) electrons. The third kappa shape index (κ3) is 3.45. The predicted octanol–water partition coefficient (Wildman–Crippen LogP) is 3.91. The number of hydrogen-bond donors (Lipinski definition) is 1. The smallest absolute Gasteiger partial charge is 0.258 e. The first kappa shape index (κ1) is 13.7. The molecular formula is C17H20N2O2. The molecule has 0 saturated carbocycles. The summed E-state index contributed by atoms with van der Waals surface area (Å²) in [5.41, 5.74) is 2.57. The van der Waals surface area contributed by atoms with E-state index >= 15 is 0 Å². The van der Waals surface area contributed by atoms with Crippen molar-refractivity contribution < 1.29 is 9.21 Å². The van der Waals surface area contributed by atoms with E-state index in [1.54, 1.807) is 6.07 Å². The summed E-state index contributed by atoms with van der Waals surface area (Å²) in [6.45, 7) is 2.25. The van der Waals surface area contributed by atoms with Gasteiger partial charge in [0.25, 0.3) is 5.91 Å². The van der Waals surface area contributed by atoms with E-state index in [0.717, 1.165) is 18.8 Å². The molecule has 0 spiro atoms. The molecular weight excluding hydrogens is 264 g/mol. The van der Waals surface area contributed by atoms with Crippen molar-refractivity contribution in [3.8, 4) is 0 Å². The van der Waals surface area contributed by atoms with E-state index in [1.807, 2.05) is 12.1 Å². The first-order chi connectivity index (χ1) is 10.3. The van der Waals surface area contributed by atoms with Crippen molar-refractivity contribution in [3.63, 3.8) is 0 Å². The molecule has 3 rings (SSSR count). The third-order valence-corrected chi connectivity index (χ3v) is 3.88. The minimum absolute atomic E-state index is 0.147. The second-order valence-electron chi connectivity index (χ2n) is 5.41. The zero-order chi connectivity index (χ0) is 14.5. The molecule has 1 aromatic carbocycles. The number of benzene rings is 1. The van der Waals surface area contributed by atoms with Crippen LogP contribution >= 0.6 is 0 Å². The Morgan fingerprint density at radius 3 is 2.33 bits per heavy atom. The summed E-state index contributed by atoms with van der Waals surface area (Å²) < 4.78 is 4.92. The summed E-state index contributed by atoms with van der Waals surface area (Å²) in [7, 11) is 0. The Morgan fingerprint density at radius 2 is 1.71 bits per heavy atom. The Labute approximate surface area is 124 Å². The van der Waals surface area contributed by atoms with Gasteiger partial charge in [0.05, 0.1) is 11.8 Å². The van der Waals surface area contributed by atoms with Crippen molar-refractivity contribution in [1.29, 1.82) is 0 Å². The number of rotatable bonds is 3. The number of carbonyl (C=O) groups excluding carboxylic acids is 1. The molecule has 2 heterocycles. The van der Waals surface area contributed by atoms with Gasteiger partial charge < -0.3 is 14.6 Å². The van der Waals surface area contributed by atoms with E-state index in [0.29, 0.717) is 5.56 Å². The highest BCUT2D eigenvalue weighted by Gasteiger charge is 2.11. The van der Waals surface area contributed by atoms with Crippen molar-refractivity contribution in [2.75, 3.05) is 23.3 Å². The first-order valence-electron chi connectivity index (χ1n) is 7.51. The first-order valence-corrected chi connectivity index (χ1v) is 7.51. The molecule has 1 N–H and O–H groups in total. The number of amides is 1. The van der Waals surface area contributed by atoms with Crippen molar-refractivity contribution >= 4 is 17.3 Å². The van der Waals surface area contributed by atoms with Crippen LogP contribution in [0.1, 0.15) is 36.0 Å². The summed E-state index contributed by atoms with van der Waals surface area (Å²) in [5.74, 6) is -0.147. The number of anilines is 2. The van der Waals surface area contributed by atoms with E-state index < -0.39 is 0 Å². The Hall–Kier alpha value is -2.23. The zero-order valence-electron chi connectivity index (χ0n) is 12.0. The Kier molecular flexibility index (Phi) is 4.24. The fraction of sp³-hybridized carbons (Fsp3) is 0.353. The van der Waals surface area contributed by atoms with Crippen LogP contribution in [0.2, 0.25) is 0 Å². The average Bonchev–Trinajstić information content (AvgIpc) is 2.91. The maximum Gasteiger partial charge on any atom is 0.258 e. The molecule has 21 heavy (non-hydrogen) atoms. The molecule has 4 heteroatoms. The van der Waals surface area contributed by atoms with Crippen molar-refractivity contribution in [3.05, 3.63) is 48.4 Å². The van der Waals surface area contributed by atoms with Crippen molar-refractivity contribution in [2.45, 2.75) is 25.7 Å². The summed E-state index contributed by atoms with van der Waals surface area (Å²) in [6.07, 6.45) is 8.13. The highest BCUT2D eigenvalue weighted by Crippen LogP contribution is 2.21. The SMILES string of the molecule is O=C(Nc1ccc(N2CCCCCC2)cc1)c1ccoc1. The van der Waals surface area contributed by atoms with Gasteiger partial charge in [-0.2, -0.15) is 0 Å². The Bertz CT molecular complexity index is 567. The lowest BCUT2D eigenvalue weighted by Crippen LogP contribution is -2.23. The van der Waals surface area contributed by atoms with Gasteiger partial charge in [-0.25, -0.2) is 0 Å². The van der Waals surface area contributed by atoms with Gasteiger partial charge in [0.15, 0.2) is 0 Å². The van der Waals surface area contributed by atoms with E-state index in [9.17, 15) is 4.79 Å². The largest absolute Gasteiger partial charge is 0.472 e. The molecule has 1 saturated heterocycles. The van der Waals surface area contributed by atoms with Gasteiger partial charge in [0, 0.05) is 24.5 Å². The molecule has 0 bridgehead atoms. The molecule has 0 unspecified atom stereocenters. The molecule has 1 aliphatic heterocycles. The number of nitrogens with zero attached hydrogens (tertiary/aromatic N) is 1. The summed E-state index contributed by atoms with van der Waals surface area (Å²) >= 11 is 0. The zero-order valence-corrected chi connectivity index (χ0v) is 12.0. The third-order valence-electron chi connectivity index (χ3n) is 3.88. The van der Waals surface area contributed by atoms with Crippen LogP contribution in [0.5, 0.6) is 0 Å². The van der Waals surface area contributed by atoms with Gasteiger partial charge in [0.2, 0.25) is 0 Å². The lowest BCUT2D eigenvalue weighted by atomic mass is 10.2. The van der Waals surface area contributed by atoms with Crippen LogP contribution in [-0.4, -0.2) is 19.0 Å². The normalized spacial score (nSPS) is 15.5. The topological polar surface area (TPSA) is 45.5 Å². The summed E-state index contributed by atoms with van der Waals surface area (Å²) in [6, 6.07) is 9.73.